The molecule has 0 aromatic heterocycles. The molecule has 2 aromatic carbocycles. The second-order valence-electron chi connectivity index (χ2n) is 7.22. The highest BCUT2D eigenvalue weighted by molar-refractivity contribution is 5.65. The molecule has 1 spiro atoms. The van der Waals surface area contributed by atoms with E-state index in [1.807, 2.05) is 48.5 Å². The summed E-state index contributed by atoms with van der Waals surface area (Å²) in [6.07, 6.45) is 0.741. The molecule has 3 unspecified atom stereocenters. The van der Waals surface area contributed by atoms with Gasteiger partial charge in [0, 0.05) is 31.0 Å². The van der Waals surface area contributed by atoms with Gasteiger partial charge in [-0.05, 0) is 30.5 Å². The molecule has 2 aromatic rings. The second-order valence-corrected chi connectivity index (χ2v) is 7.22. The number of rotatable bonds is 3. The predicted octanol–water partition coefficient (Wildman–Crippen LogP) is 3.54. The third-order valence-electron chi connectivity index (χ3n) is 5.75. The fourth-order valence-corrected chi connectivity index (χ4v) is 4.52. The number of carboxylic acid groups (broad SMARTS) is 1. The molecule has 4 rings (SSSR count). The van der Waals surface area contributed by atoms with Gasteiger partial charge >= 0.3 is 6.09 Å². The summed E-state index contributed by atoms with van der Waals surface area (Å²) in [4.78, 5) is 13.2. The second kappa shape index (κ2) is 7.00. The maximum Gasteiger partial charge on any atom is 0.407 e. The van der Waals surface area contributed by atoms with Gasteiger partial charge in [0.1, 0.15) is 5.75 Å². The van der Waals surface area contributed by atoms with Gasteiger partial charge in [0.15, 0.2) is 6.23 Å². The van der Waals surface area contributed by atoms with Gasteiger partial charge in [0.05, 0.1) is 0 Å². The lowest BCUT2D eigenvalue weighted by molar-refractivity contribution is -0.00868. The number of carbonyl (C=O) groups is 1. The molecule has 1 amide bonds. The van der Waals surface area contributed by atoms with Gasteiger partial charge in [-0.2, -0.15) is 0 Å². The monoisotopic (exact) mass is 352 g/mol. The molecule has 136 valence electrons. The Hall–Kier alpha value is -2.53. The Kier molecular flexibility index (Phi) is 4.55. The first-order valence-electron chi connectivity index (χ1n) is 9.17. The number of piperidine rings is 1. The molecule has 2 aliphatic heterocycles. The maximum atomic E-state index is 11.7. The van der Waals surface area contributed by atoms with Crippen LogP contribution in [0.1, 0.15) is 24.3 Å². The minimum atomic E-state index is -0.846. The van der Waals surface area contributed by atoms with E-state index in [0.717, 1.165) is 25.1 Å². The third kappa shape index (κ3) is 3.03. The molecular formula is C21H24N2O3. The Morgan fingerprint density at radius 1 is 1.12 bits per heavy atom. The molecule has 26 heavy (non-hydrogen) atoms. The molecule has 3 atom stereocenters. The van der Waals surface area contributed by atoms with Crippen LogP contribution in [0.25, 0.3) is 0 Å². The smallest absolute Gasteiger partial charge is 0.407 e. The van der Waals surface area contributed by atoms with Crippen molar-refractivity contribution >= 4 is 6.09 Å². The molecule has 0 bridgehead atoms. The van der Waals surface area contributed by atoms with Crippen molar-refractivity contribution in [2.45, 2.75) is 25.0 Å². The van der Waals surface area contributed by atoms with Crippen LogP contribution in [0.2, 0.25) is 0 Å². The Morgan fingerprint density at radius 3 is 2.50 bits per heavy atom. The van der Waals surface area contributed by atoms with Crippen molar-refractivity contribution < 1.29 is 14.6 Å². The topological polar surface area (TPSA) is 61.8 Å². The van der Waals surface area contributed by atoms with E-state index in [9.17, 15) is 9.90 Å². The van der Waals surface area contributed by atoms with E-state index < -0.39 is 6.09 Å². The number of nitrogens with zero attached hydrogens (tertiary/aromatic N) is 1. The minimum Gasteiger partial charge on any atom is -0.475 e. The molecule has 2 saturated heterocycles. The molecule has 5 heteroatoms. The van der Waals surface area contributed by atoms with E-state index in [0.29, 0.717) is 13.1 Å². The molecule has 0 aliphatic carbocycles. The number of hydrogen-bond donors (Lipinski definition) is 2. The van der Waals surface area contributed by atoms with E-state index in [1.54, 1.807) is 4.90 Å². The van der Waals surface area contributed by atoms with Gasteiger partial charge in [0.2, 0.25) is 0 Å². The van der Waals surface area contributed by atoms with Gasteiger partial charge in [0.25, 0.3) is 0 Å². The Bertz CT molecular complexity index is 752. The highest BCUT2D eigenvalue weighted by Gasteiger charge is 2.54. The van der Waals surface area contributed by atoms with Crippen molar-refractivity contribution in [3.05, 3.63) is 66.2 Å². The van der Waals surface area contributed by atoms with Crippen LogP contribution < -0.4 is 10.1 Å². The van der Waals surface area contributed by atoms with Crippen molar-refractivity contribution in [3.63, 3.8) is 0 Å². The van der Waals surface area contributed by atoms with Crippen molar-refractivity contribution in [1.82, 2.24) is 10.2 Å². The van der Waals surface area contributed by atoms with Crippen molar-refractivity contribution in [2.75, 3.05) is 19.6 Å². The van der Waals surface area contributed by atoms with Crippen LogP contribution in [0.3, 0.4) is 0 Å². The Labute approximate surface area is 153 Å². The maximum absolute atomic E-state index is 11.7. The SMILES string of the molecule is O=C(O)N1CCCC2(C1)C(Oc1ccccc1)NCC2c1ccccc1. The summed E-state index contributed by atoms with van der Waals surface area (Å²) in [6.45, 7) is 1.87. The minimum absolute atomic E-state index is 0.211. The van der Waals surface area contributed by atoms with Crippen LogP contribution in [0, 0.1) is 5.41 Å². The summed E-state index contributed by atoms with van der Waals surface area (Å²) in [6, 6.07) is 20.2. The molecule has 2 N–H and O–H groups in total. The summed E-state index contributed by atoms with van der Waals surface area (Å²) < 4.78 is 6.32. The summed E-state index contributed by atoms with van der Waals surface area (Å²) in [5.74, 6) is 1.03. The fourth-order valence-electron chi connectivity index (χ4n) is 4.52. The highest BCUT2D eigenvalue weighted by atomic mass is 16.5. The fraction of sp³-hybridized carbons (Fsp3) is 0.381. The zero-order valence-corrected chi connectivity index (χ0v) is 14.7. The summed E-state index contributed by atoms with van der Waals surface area (Å²) >= 11 is 0. The average molecular weight is 352 g/mol. The normalized spacial score (nSPS) is 28.2. The van der Waals surface area contributed by atoms with Gasteiger partial charge in [-0.15, -0.1) is 0 Å². The Morgan fingerprint density at radius 2 is 1.81 bits per heavy atom. The zero-order chi connectivity index (χ0) is 18.0. The van der Waals surface area contributed by atoms with Crippen LogP contribution in [-0.2, 0) is 0 Å². The summed E-state index contributed by atoms with van der Waals surface area (Å²) in [5, 5.41) is 13.1. The van der Waals surface area contributed by atoms with E-state index in [4.69, 9.17) is 4.74 Å². The number of hydrogen-bond acceptors (Lipinski definition) is 3. The van der Waals surface area contributed by atoms with Gasteiger partial charge in [-0.3, -0.25) is 5.32 Å². The molecule has 5 nitrogen and oxygen atoms in total. The molecular weight excluding hydrogens is 328 g/mol. The first-order valence-corrected chi connectivity index (χ1v) is 9.17. The average Bonchev–Trinajstić information content (AvgIpc) is 3.00. The van der Waals surface area contributed by atoms with Crippen LogP contribution in [0.4, 0.5) is 4.79 Å². The molecule has 0 radical (unpaired) electrons. The van der Waals surface area contributed by atoms with E-state index in [-0.39, 0.29) is 17.6 Å². The zero-order valence-electron chi connectivity index (χ0n) is 14.7. The first-order chi connectivity index (χ1) is 12.7. The molecule has 0 saturated carbocycles. The molecule has 2 heterocycles. The van der Waals surface area contributed by atoms with E-state index >= 15 is 0 Å². The van der Waals surface area contributed by atoms with E-state index in [2.05, 4.69) is 17.4 Å². The molecule has 2 aliphatic rings. The quantitative estimate of drug-likeness (QED) is 0.887. The van der Waals surface area contributed by atoms with Gasteiger partial charge < -0.3 is 14.7 Å². The number of ether oxygens (including phenoxy) is 1. The highest BCUT2D eigenvalue weighted by Crippen LogP contribution is 2.49. The first kappa shape index (κ1) is 16.9. The van der Waals surface area contributed by atoms with Crippen molar-refractivity contribution in [2.24, 2.45) is 5.41 Å². The largest absolute Gasteiger partial charge is 0.475 e. The lowest BCUT2D eigenvalue weighted by Crippen LogP contribution is -2.54. The number of likely N-dealkylation sites (tertiary alicyclic amines) is 1. The summed E-state index contributed by atoms with van der Waals surface area (Å²) in [5.41, 5.74) is 0.972. The Balaban J connectivity index is 1.68. The standard InChI is InChI=1S/C21H24N2O3/c24-20(25)23-13-7-12-21(15-23)18(16-8-3-1-4-9-16)14-22-19(21)26-17-10-5-2-6-11-17/h1-6,8-11,18-19,22H,7,12-15H2,(H,24,25). The van der Waals surface area contributed by atoms with E-state index in [1.165, 1.54) is 5.56 Å². The summed E-state index contributed by atoms with van der Waals surface area (Å²) in [7, 11) is 0. The van der Waals surface area contributed by atoms with Crippen LogP contribution in [0.15, 0.2) is 60.7 Å². The lowest BCUT2D eigenvalue weighted by atomic mass is 9.68. The lowest BCUT2D eigenvalue weighted by Gasteiger charge is -2.45. The van der Waals surface area contributed by atoms with Crippen molar-refractivity contribution in [1.29, 1.82) is 0 Å². The third-order valence-corrected chi connectivity index (χ3v) is 5.75. The van der Waals surface area contributed by atoms with Crippen molar-refractivity contribution in [3.8, 4) is 5.75 Å². The predicted molar refractivity (Wildman–Crippen MR) is 99.3 cm³/mol. The number of benzene rings is 2. The molecule has 2 fully saturated rings. The number of para-hydroxylation sites is 1. The number of amides is 1. The van der Waals surface area contributed by atoms with Gasteiger partial charge in [-0.1, -0.05) is 48.5 Å². The van der Waals surface area contributed by atoms with Crippen LogP contribution in [-0.4, -0.2) is 42.0 Å². The van der Waals surface area contributed by atoms with Crippen LogP contribution >= 0.6 is 0 Å². The number of nitrogens with one attached hydrogen (secondary N) is 1. The van der Waals surface area contributed by atoms with Crippen LogP contribution in [0.5, 0.6) is 5.75 Å². The van der Waals surface area contributed by atoms with Gasteiger partial charge in [-0.25, -0.2) is 4.79 Å².